The maximum Gasteiger partial charge on any atom is 0.213 e. The zero-order valence-corrected chi connectivity index (χ0v) is 10.9. The number of allylic oxidation sites excluding steroid dienone is 2. The van der Waals surface area contributed by atoms with E-state index in [1.807, 2.05) is 4.90 Å². The van der Waals surface area contributed by atoms with Crippen LogP contribution in [0.3, 0.4) is 0 Å². The number of ether oxygens (including phenoxy) is 1. The molecule has 1 saturated heterocycles. The molecule has 0 aromatic carbocycles. The van der Waals surface area contributed by atoms with E-state index in [4.69, 9.17) is 4.74 Å². The summed E-state index contributed by atoms with van der Waals surface area (Å²) in [7, 11) is 0. The molecule has 0 unspecified atom stereocenters. The van der Waals surface area contributed by atoms with Crippen molar-refractivity contribution in [1.29, 1.82) is 0 Å². The second kappa shape index (κ2) is 4.31. The van der Waals surface area contributed by atoms with Gasteiger partial charge in [0.15, 0.2) is 0 Å². The van der Waals surface area contributed by atoms with E-state index in [0.29, 0.717) is 48.8 Å². The number of rotatable bonds is 1. The Bertz CT molecular complexity index is 594. The number of carbonyl (C=O) groups excluding carboxylic acids is 2. The van der Waals surface area contributed by atoms with Crippen LogP contribution in [0.5, 0.6) is 0 Å². The first kappa shape index (κ1) is 12.1. The molecule has 1 aliphatic heterocycles. The van der Waals surface area contributed by atoms with Crippen LogP contribution in [0.2, 0.25) is 0 Å². The van der Waals surface area contributed by atoms with Gasteiger partial charge in [0.25, 0.3) is 0 Å². The third-order valence-corrected chi connectivity index (χ3v) is 3.63. The fraction of sp³-hybridized carbons (Fsp3) is 0.462. The number of ketones is 2. The second-order valence-corrected chi connectivity index (χ2v) is 4.80. The molecule has 2 heterocycles. The fourth-order valence-corrected chi connectivity index (χ4v) is 2.61. The number of fused-ring (bicyclic) bond motifs is 1. The van der Waals surface area contributed by atoms with Gasteiger partial charge in [-0.1, -0.05) is 0 Å². The van der Waals surface area contributed by atoms with Gasteiger partial charge in [0.05, 0.1) is 24.5 Å². The molecule has 1 fully saturated rings. The minimum absolute atomic E-state index is 0.111. The summed E-state index contributed by atoms with van der Waals surface area (Å²) in [6.07, 6.45) is 0. The van der Waals surface area contributed by atoms with E-state index in [0.717, 1.165) is 0 Å². The number of aryl methyl sites for hydroxylation is 1. The van der Waals surface area contributed by atoms with Crippen LogP contribution in [0.15, 0.2) is 11.3 Å². The number of H-pyrrole nitrogens is 1. The van der Waals surface area contributed by atoms with Gasteiger partial charge in [-0.3, -0.25) is 14.7 Å². The number of hydrogen-bond acceptors (Lipinski definition) is 5. The first-order valence-corrected chi connectivity index (χ1v) is 6.29. The minimum atomic E-state index is -0.166. The molecule has 1 aliphatic carbocycles. The predicted molar refractivity (Wildman–Crippen MR) is 67.1 cm³/mol. The van der Waals surface area contributed by atoms with Crippen LogP contribution in [-0.4, -0.2) is 53.0 Å². The molecule has 3 rings (SSSR count). The maximum atomic E-state index is 12.6. The average Bonchev–Trinajstić information content (AvgIpc) is 2.80. The number of aromatic amines is 1. The summed E-state index contributed by atoms with van der Waals surface area (Å²) in [6, 6.07) is 0. The van der Waals surface area contributed by atoms with E-state index < -0.39 is 0 Å². The normalized spacial score (nSPS) is 20.0. The first-order chi connectivity index (χ1) is 9.11. The van der Waals surface area contributed by atoms with Crippen LogP contribution in [0.4, 0.5) is 0 Å². The van der Waals surface area contributed by atoms with Crippen molar-refractivity contribution in [1.82, 2.24) is 15.1 Å². The average molecular weight is 261 g/mol. The Labute approximate surface area is 110 Å². The molecule has 19 heavy (non-hydrogen) atoms. The first-order valence-electron chi connectivity index (χ1n) is 6.29. The van der Waals surface area contributed by atoms with Gasteiger partial charge in [0.2, 0.25) is 11.6 Å². The highest BCUT2D eigenvalue weighted by Crippen LogP contribution is 2.29. The van der Waals surface area contributed by atoms with Gasteiger partial charge in [-0.2, -0.15) is 5.10 Å². The van der Waals surface area contributed by atoms with E-state index in [1.165, 1.54) is 0 Å². The number of nitrogens with one attached hydrogen (secondary N) is 1. The van der Waals surface area contributed by atoms with Crippen LogP contribution in [-0.2, 0) is 4.74 Å². The van der Waals surface area contributed by atoms with Crippen molar-refractivity contribution in [3.05, 3.63) is 28.2 Å². The monoisotopic (exact) mass is 261 g/mol. The lowest BCUT2D eigenvalue weighted by atomic mass is 9.90. The maximum absolute atomic E-state index is 12.6. The van der Waals surface area contributed by atoms with Gasteiger partial charge < -0.3 is 9.64 Å². The molecule has 0 amide bonds. The fourth-order valence-electron chi connectivity index (χ4n) is 2.61. The molecule has 100 valence electrons. The highest BCUT2D eigenvalue weighted by Gasteiger charge is 2.36. The van der Waals surface area contributed by atoms with Crippen LogP contribution in [0.1, 0.15) is 33.5 Å². The van der Waals surface area contributed by atoms with E-state index in [-0.39, 0.29) is 17.3 Å². The molecule has 6 nitrogen and oxygen atoms in total. The molecule has 1 aromatic heterocycles. The number of carbonyl (C=O) groups is 2. The molecule has 0 bridgehead atoms. The number of morpholine rings is 1. The second-order valence-electron chi connectivity index (χ2n) is 4.80. The van der Waals surface area contributed by atoms with Crippen molar-refractivity contribution in [3.63, 3.8) is 0 Å². The molecule has 2 aliphatic rings. The van der Waals surface area contributed by atoms with Crippen molar-refractivity contribution in [2.75, 3.05) is 26.3 Å². The summed E-state index contributed by atoms with van der Waals surface area (Å²) < 4.78 is 5.29. The Morgan fingerprint density at radius 3 is 2.53 bits per heavy atom. The highest BCUT2D eigenvalue weighted by atomic mass is 16.5. The van der Waals surface area contributed by atoms with Gasteiger partial charge in [-0.25, -0.2) is 0 Å². The minimum Gasteiger partial charge on any atom is -0.378 e. The van der Waals surface area contributed by atoms with Crippen molar-refractivity contribution >= 4 is 11.6 Å². The summed E-state index contributed by atoms with van der Waals surface area (Å²) in [5, 5.41) is 6.67. The summed E-state index contributed by atoms with van der Waals surface area (Å²) >= 11 is 0. The van der Waals surface area contributed by atoms with E-state index in [9.17, 15) is 9.59 Å². The molecule has 0 radical (unpaired) electrons. The van der Waals surface area contributed by atoms with Crippen LogP contribution in [0, 0.1) is 6.92 Å². The molecule has 1 aromatic rings. The Hall–Kier alpha value is -1.95. The standard InChI is InChI=1S/C13H15N3O3/c1-7-11(16-3-5-19-6-4-16)13(18)9-8(2)14-15-10(9)12(7)17/h3-6H2,1-2H3,(H,14,15). The number of Topliss-reactive ketones (excluding diaryl/α,β-unsaturated/α-hetero) is 2. The molecule has 0 spiro atoms. The Kier molecular flexibility index (Phi) is 2.74. The SMILES string of the molecule is CC1=C(N2CCOCC2)C(=O)c2c(n[nH]c2C)C1=O. The third-order valence-electron chi connectivity index (χ3n) is 3.63. The summed E-state index contributed by atoms with van der Waals surface area (Å²) in [6.45, 7) is 5.88. The third kappa shape index (κ3) is 1.71. The van der Waals surface area contributed by atoms with Crippen molar-refractivity contribution < 1.29 is 14.3 Å². The summed E-state index contributed by atoms with van der Waals surface area (Å²) in [5.41, 5.74) is 2.29. The molecule has 6 heteroatoms. The topological polar surface area (TPSA) is 75.3 Å². The van der Waals surface area contributed by atoms with Gasteiger partial charge in [0, 0.05) is 24.4 Å². The van der Waals surface area contributed by atoms with Crippen molar-refractivity contribution in [2.45, 2.75) is 13.8 Å². The predicted octanol–water partition coefficient (Wildman–Crippen LogP) is 0.703. The lowest BCUT2D eigenvalue weighted by Crippen LogP contribution is -2.40. The summed E-state index contributed by atoms with van der Waals surface area (Å²) in [5.74, 6) is -0.277. The van der Waals surface area contributed by atoms with E-state index in [1.54, 1.807) is 13.8 Å². The molecular formula is C13H15N3O3. The van der Waals surface area contributed by atoms with Crippen LogP contribution >= 0.6 is 0 Å². The molecule has 1 N–H and O–H groups in total. The Balaban J connectivity index is 2.08. The van der Waals surface area contributed by atoms with Gasteiger partial charge in [0.1, 0.15) is 5.69 Å². The lowest BCUT2D eigenvalue weighted by Gasteiger charge is -2.32. The largest absolute Gasteiger partial charge is 0.378 e. The van der Waals surface area contributed by atoms with Crippen LogP contribution < -0.4 is 0 Å². The van der Waals surface area contributed by atoms with Crippen LogP contribution in [0.25, 0.3) is 0 Å². The van der Waals surface area contributed by atoms with E-state index >= 15 is 0 Å². The number of aromatic nitrogens is 2. The van der Waals surface area contributed by atoms with Gasteiger partial charge in [-0.15, -0.1) is 0 Å². The lowest BCUT2D eigenvalue weighted by molar-refractivity contribution is 0.0495. The smallest absolute Gasteiger partial charge is 0.213 e. The highest BCUT2D eigenvalue weighted by molar-refractivity contribution is 6.26. The Morgan fingerprint density at radius 1 is 1.16 bits per heavy atom. The van der Waals surface area contributed by atoms with Crippen molar-refractivity contribution in [3.8, 4) is 0 Å². The number of hydrogen-bond donors (Lipinski definition) is 1. The molecule has 0 atom stereocenters. The Morgan fingerprint density at radius 2 is 1.84 bits per heavy atom. The van der Waals surface area contributed by atoms with Gasteiger partial charge >= 0.3 is 0 Å². The van der Waals surface area contributed by atoms with Crippen molar-refractivity contribution in [2.24, 2.45) is 0 Å². The quantitative estimate of drug-likeness (QED) is 0.805. The van der Waals surface area contributed by atoms with E-state index in [2.05, 4.69) is 10.2 Å². The zero-order chi connectivity index (χ0) is 13.6. The van der Waals surface area contributed by atoms with Gasteiger partial charge in [-0.05, 0) is 13.8 Å². The summed E-state index contributed by atoms with van der Waals surface area (Å²) in [4.78, 5) is 26.8. The molecule has 0 saturated carbocycles. The number of nitrogens with zero attached hydrogens (tertiary/aromatic N) is 2. The zero-order valence-electron chi connectivity index (χ0n) is 10.9. The molecular weight excluding hydrogens is 246 g/mol.